The minimum Gasteiger partial charge on any atom is -0.378 e. The number of aryl methyl sites for hydroxylation is 2. The van der Waals surface area contributed by atoms with Crippen LogP contribution in [0.1, 0.15) is 22.5 Å². The summed E-state index contributed by atoms with van der Waals surface area (Å²) in [7, 11) is 0. The van der Waals surface area contributed by atoms with E-state index < -0.39 is 0 Å². The molecule has 2 fully saturated rings. The third-order valence-corrected chi connectivity index (χ3v) is 6.33. The molecule has 3 aromatic rings. The van der Waals surface area contributed by atoms with Crippen LogP contribution in [0.5, 0.6) is 0 Å². The van der Waals surface area contributed by atoms with Gasteiger partial charge >= 0.3 is 0 Å². The van der Waals surface area contributed by atoms with E-state index in [1.165, 1.54) is 5.56 Å². The maximum absolute atomic E-state index is 5.49. The minimum atomic E-state index is 0.423. The third kappa shape index (κ3) is 5.28. The summed E-state index contributed by atoms with van der Waals surface area (Å²) in [6.45, 7) is 12.0. The number of morpholine rings is 2. The topological polar surface area (TPSA) is 92.9 Å². The second-order valence-corrected chi connectivity index (χ2v) is 8.83. The smallest absolute Gasteiger partial charge is 0.250 e. The van der Waals surface area contributed by atoms with Crippen molar-refractivity contribution < 1.29 is 9.47 Å². The normalized spacial score (nSPS) is 16.8. The zero-order chi connectivity index (χ0) is 24.2. The van der Waals surface area contributed by atoms with Gasteiger partial charge in [-0.2, -0.15) is 20.1 Å². The largest absolute Gasteiger partial charge is 0.378 e. The molecule has 0 spiro atoms. The number of nitrogens with zero attached hydrogens (tertiary/aromatic N) is 7. The van der Waals surface area contributed by atoms with Gasteiger partial charge in [0.1, 0.15) is 0 Å². The highest BCUT2D eigenvalue weighted by Crippen LogP contribution is 2.21. The first-order chi connectivity index (χ1) is 17.1. The maximum Gasteiger partial charge on any atom is 0.250 e. The van der Waals surface area contributed by atoms with E-state index in [0.29, 0.717) is 44.3 Å². The Morgan fingerprint density at radius 3 is 1.97 bits per heavy atom. The lowest BCUT2D eigenvalue weighted by molar-refractivity contribution is 0.121. The monoisotopic (exact) mass is 476 g/mol. The fraction of sp³-hybridized carbons (Fsp3) is 0.440. The Morgan fingerprint density at radius 1 is 0.829 bits per heavy atom. The van der Waals surface area contributed by atoms with E-state index in [1.54, 1.807) is 0 Å². The van der Waals surface area contributed by atoms with Gasteiger partial charge < -0.3 is 23.8 Å². The predicted octanol–water partition coefficient (Wildman–Crippen LogP) is 2.71. The van der Waals surface area contributed by atoms with E-state index in [9.17, 15) is 0 Å². The van der Waals surface area contributed by atoms with Crippen LogP contribution < -0.4 is 15.2 Å². The van der Waals surface area contributed by atoms with Crippen molar-refractivity contribution in [3.05, 3.63) is 52.8 Å². The number of hydrogen-bond donors (Lipinski definition) is 1. The fourth-order valence-electron chi connectivity index (χ4n) is 4.38. The molecule has 0 amide bonds. The van der Waals surface area contributed by atoms with E-state index in [1.807, 2.05) is 6.21 Å². The van der Waals surface area contributed by atoms with Crippen LogP contribution in [0.3, 0.4) is 0 Å². The van der Waals surface area contributed by atoms with Gasteiger partial charge in [-0.1, -0.05) is 17.7 Å². The zero-order valence-corrected chi connectivity index (χ0v) is 20.6. The summed E-state index contributed by atoms with van der Waals surface area (Å²) in [5.74, 6) is 1.70. The molecule has 2 saturated heterocycles. The van der Waals surface area contributed by atoms with Gasteiger partial charge in [0.05, 0.1) is 32.6 Å². The molecular weight excluding hydrogens is 444 g/mol. The van der Waals surface area contributed by atoms with Crippen molar-refractivity contribution in [1.82, 2.24) is 19.5 Å². The first-order valence-corrected chi connectivity index (χ1v) is 12.0. The Morgan fingerprint density at radius 2 is 1.40 bits per heavy atom. The van der Waals surface area contributed by atoms with Crippen molar-refractivity contribution in [3.63, 3.8) is 0 Å². The van der Waals surface area contributed by atoms with E-state index in [0.717, 1.165) is 48.8 Å². The average molecular weight is 477 g/mol. The summed E-state index contributed by atoms with van der Waals surface area (Å²) in [6.07, 6.45) is 1.82. The second kappa shape index (κ2) is 10.4. The molecule has 184 valence electrons. The lowest BCUT2D eigenvalue weighted by Crippen LogP contribution is -2.40. The Kier molecular flexibility index (Phi) is 6.91. The van der Waals surface area contributed by atoms with Gasteiger partial charge in [0, 0.05) is 48.8 Å². The Balaban J connectivity index is 1.38. The Labute approximate surface area is 205 Å². The van der Waals surface area contributed by atoms with Crippen molar-refractivity contribution in [3.8, 4) is 5.69 Å². The van der Waals surface area contributed by atoms with Crippen LogP contribution in [0.25, 0.3) is 5.69 Å². The first kappa shape index (κ1) is 23.3. The van der Waals surface area contributed by atoms with Crippen LogP contribution in [0.15, 0.2) is 35.4 Å². The summed E-state index contributed by atoms with van der Waals surface area (Å²) in [5, 5.41) is 4.48. The highest BCUT2D eigenvalue weighted by Gasteiger charge is 2.20. The molecule has 5 rings (SSSR count). The molecule has 0 radical (unpaired) electrons. The molecule has 10 nitrogen and oxygen atoms in total. The van der Waals surface area contributed by atoms with Crippen LogP contribution in [-0.4, -0.2) is 78.3 Å². The number of hydrazone groups is 1. The fourth-order valence-corrected chi connectivity index (χ4v) is 4.38. The van der Waals surface area contributed by atoms with Crippen molar-refractivity contribution in [2.75, 3.05) is 67.8 Å². The summed E-state index contributed by atoms with van der Waals surface area (Å²) in [5.41, 5.74) is 8.73. The molecule has 2 aliphatic heterocycles. The standard InChI is InChI=1S/C25H32N8O2/c1-18-4-6-22(7-5-18)33-19(2)16-21(20(33)3)17-26-30-23-27-24(31-8-12-34-13-9-31)29-25(28-23)32-10-14-35-15-11-32/h4-7,16-17H,8-15H2,1-3H3,(H,27,28,29,30). The molecule has 0 unspecified atom stereocenters. The van der Waals surface area contributed by atoms with E-state index in [2.05, 4.69) is 86.0 Å². The molecule has 0 saturated carbocycles. The predicted molar refractivity (Wildman–Crippen MR) is 137 cm³/mol. The van der Waals surface area contributed by atoms with Crippen LogP contribution in [0.4, 0.5) is 17.8 Å². The van der Waals surface area contributed by atoms with E-state index >= 15 is 0 Å². The van der Waals surface area contributed by atoms with Crippen molar-refractivity contribution in [2.24, 2.45) is 5.10 Å². The molecule has 2 aromatic heterocycles. The van der Waals surface area contributed by atoms with Crippen LogP contribution in [-0.2, 0) is 9.47 Å². The van der Waals surface area contributed by atoms with Gasteiger partial charge in [-0.25, -0.2) is 5.43 Å². The third-order valence-electron chi connectivity index (χ3n) is 6.33. The summed E-state index contributed by atoms with van der Waals surface area (Å²) in [4.78, 5) is 18.3. The minimum absolute atomic E-state index is 0.423. The van der Waals surface area contributed by atoms with Gasteiger partial charge in [0.2, 0.25) is 17.8 Å². The van der Waals surface area contributed by atoms with Gasteiger partial charge in [0.25, 0.3) is 0 Å². The summed E-state index contributed by atoms with van der Waals surface area (Å²) < 4.78 is 13.2. The lowest BCUT2D eigenvalue weighted by Gasteiger charge is -2.30. The molecule has 35 heavy (non-hydrogen) atoms. The van der Waals surface area contributed by atoms with Crippen LogP contribution in [0, 0.1) is 20.8 Å². The van der Waals surface area contributed by atoms with Crippen molar-refractivity contribution in [2.45, 2.75) is 20.8 Å². The average Bonchev–Trinajstić information content (AvgIpc) is 3.18. The molecule has 0 bridgehead atoms. The summed E-state index contributed by atoms with van der Waals surface area (Å²) >= 11 is 0. The molecule has 4 heterocycles. The van der Waals surface area contributed by atoms with Crippen LogP contribution >= 0.6 is 0 Å². The highest BCUT2D eigenvalue weighted by molar-refractivity contribution is 5.82. The zero-order valence-electron chi connectivity index (χ0n) is 20.6. The van der Waals surface area contributed by atoms with Crippen LogP contribution in [0.2, 0.25) is 0 Å². The number of nitrogens with one attached hydrogen (secondary N) is 1. The molecule has 10 heteroatoms. The van der Waals surface area contributed by atoms with E-state index in [-0.39, 0.29) is 0 Å². The highest BCUT2D eigenvalue weighted by atomic mass is 16.5. The Hall–Kier alpha value is -3.50. The van der Waals surface area contributed by atoms with Gasteiger partial charge in [-0.15, -0.1) is 0 Å². The van der Waals surface area contributed by atoms with Gasteiger partial charge in [0.15, 0.2) is 0 Å². The van der Waals surface area contributed by atoms with Crippen molar-refractivity contribution in [1.29, 1.82) is 0 Å². The number of benzene rings is 1. The number of aromatic nitrogens is 4. The van der Waals surface area contributed by atoms with E-state index in [4.69, 9.17) is 14.5 Å². The number of hydrogen-bond acceptors (Lipinski definition) is 9. The quantitative estimate of drug-likeness (QED) is 0.429. The molecule has 0 aliphatic carbocycles. The second-order valence-electron chi connectivity index (χ2n) is 8.83. The molecule has 1 N–H and O–H groups in total. The number of anilines is 3. The van der Waals surface area contributed by atoms with Gasteiger partial charge in [-0.3, -0.25) is 0 Å². The summed E-state index contributed by atoms with van der Waals surface area (Å²) in [6, 6.07) is 10.7. The number of ether oxygens (including phenoxy) is 2. The molecule has 0 atom stereocenters. The lowest BCUT2D eigenvalue weighted by atomic mass is 10.2. The molecule has 1 aromatic carbocycles. The molecular formula is C25H32N8O2. The maximum atomic E-state index is 5.49. The van der Waals surface area contributed by atoms with Crippen molar-refractivity contribution >= 4 is 24.1 Å². The van der Waals surface area contributed by atoms with Gasteiger partial charge in [-0.05, 0) is 39.0 Å². The first-order valence-electron chi connectivity index (χ1n) is 12.0. The SMILES string of the molecule is Cc1ccc(-n2c(C)cc(C=NNc3nc(N4CCOCC4)nc(N4CCOCC4)n3)c2C)cc1. The number of rotatable bonds is 6. The Bertz CT molecular complexity index is 1140. The molecule has 2 aliphatic rings.